The van der Waals surface area contributed by atoms with Crippen molar-refractivity contribution in [1.82, 2.24) is 35.1 Å². The first-order valence-electron chi connectivity index (χ1n) is 6.71. The van der Waals surface area contributed by atoms with Crippen LogP contribution >= 0.6 is 11.6 Å². The summed E-state index contributed by atoms with van der Waals surface area (Å²) < 4.78 is 1.39. The first-order valence-corrected chi connectivity index (χ1v) is 7.08. The van der Waals surface area contributed by atoms with Gasteiger partial charge in [-0.25, -0.2) is 9.67 Å². The molecule has 2 aromatic heterocycles. The molecular weight excluding hydrogens is 306 g/mol. The van der Waals surface area contributed by atoms with Gasteiger partial charge in [0, 0.05) is 25.0 Å². The number of carbonyl (C=O) groups excluding carboxylic acids is 1. The fourth-order valence-corrected chi connectivity index (χ4v) is 2.24. The lowest BCUT2D eigenvalue weighted by Gasteiger charge is -2.15. The number of nitrogens with one attached hydrogen (secondary N) is 1. The highest BCUT2D eigenvalue weighted by Gasteiger charge is 2.11. The molecular formula is C13H14ClN7O. The lowest BCUT2D eigenvalue weighted by molar-refractivity contribution is -0.130. The number of fused-ring (bicyclic) bond motifs is 1. The molecule has 1 aromatic carbocycles. The van der Waals surface area contributed by atoms with Crippen LogP contribution in [-0.2, 0) is 17.8 Å². The number of tetrazole rings is 1. The Labute approximate surface area is 131 Å². The molecule has 0 bridgehead atoms. The van der Waals surface area contributed by atoms with Gasteiger partial charge in [-0.1, -0.05) is 11.6 Å². The van der Waals surface area contributed by atoms with Crippen molar-refractivity contribution in [2.24, 2.45) is 0 Å². The maximum Gasteiger partial charge on any atom is 0.244 e. The van der Waals surface area contributed by atoms with Gasteiger partial charge in [0.15, 0.2) is 0 Å². The maximum absolute atomic E-state index is 12.0. The molecule has 2 heterocycles. The number of benzene rings is 1. The molecule has 1 N–H and O–H groups in total. The summed E-state index contributed by atoms with van der Waals surface area (Å²) in [6, 6.07) is 5.50. The second-order valence-electron chi connectivity index (χ2n) is 4.92. The van der Waals surface area contributed by atoms with Gasteiger partial charge in [0.25, 0.3) is 0 Å². The first-order chi connectivity index (χ1) is 10.6. The largest absolute Gasteiger partial charge is 0.344 e. The maximum atomic E-state index is 12.0. The Kier molecular flexibility index (Phi) is 4.01. The zero-order valence-corrected chi connectivity index (χ0v) is 12.7. The molecule has 114 valence electrons. The number of aromatic nitrogens is 6. The molecule has 0 spiro atoms. The zero-order chi connectivity index (χ0) is 15.5. The topological polar surface area (TPSA) is 92.6 Å². The molecule has 1 amide bonds. The van der Waals surface area contributed by atoms with Crippen molar-refractivity contribution in [2.75, 3.05) is 13.6 Å². The molecule has 3 aromatic rings. The fourth-order valence-electron chi connectivity index (χ4n) is 2.06. The number of likely N-dealkylation sites (N-methyl/N-ethyl adjacent to an activating group) is 1. The van der Waals surface area contributed by atoms with Crippen molar-refractivity contribution in [3.63, 3.8) is 0 Å². The molecule has 3 rings (SSSR count). The Hall–Kier alpha value is -2.48. The van der Waals surface area contributed by atoms with Crippen LogP contribution in [0.2, 0.25) is 5.02 Å². The second kappa shape index (κ2) is 6.10. The normalized spacial score (nSPS) is 11.0. The summed E-state index contributed by atoms with van der Waals surface area (Å²) >= 11 is 5.95. The molecule has 22 heavy (non-hydrogen) atoms. The van der Waals surface area contributed by atoms with Gasteiger partial charge in [-0.05, 0) is 28.6 Å². The summed E-state index contributed by atoms with van der Waals surface area (Å²) in [5.74, 6) is 0.755. The third-order valence-electron chi connectivity index (χ3n) is 3.29. The summed E-state index contributed by atoms with van der Waals surface area (Å²) in [4.78, 5) is 21.3. The Morgan fingerprint density at radius 1 is 1.45 bits per heavy atom. The van der Waals surface area contributed by atoms with Crippen molar-refractivity contribution in [2.45, 2.75) is 13.0 Å². The van der Waals surface area contributed by atoms with E-state index < -0.39 is 0 Å². The van der Waals surface area contributed by atoms with Crippen molar-refractivity contribution in [1.29, 1.82) is 0 Å². The lowest BCUT2D eigenvalue weighted by atomic mass is 10.3. The fraction of sp³-hybridized carbons (Fsp3) is 0.308. The SMILES string of the molecule is CN(CCc1nc2ccc(Cl)cc2[nH]1)C(=O)Cn1cnnn1. The number of hydrogen-bond donors (Lipinski definition) is 1. The van der Waals surface area contributed by atoms with Gasteiger partial charge in [0.1, 0.15) is 18.7 Å². The van der Waals surface area contributed by atoms with Crippen molar-refractivity contribution < 1.29 is 4.79 Å². The molecule has 0 radical (unpaired) electrons. The number of carbonyl (C=O) groups is 1. The average molecular weight is 320 g/mol. The van der Waals surface area contributed by atoms with Crippen molar-refractivity contribution in [3.05, 3.63) is 35.4 Å². The van der Waals surface area contributed by atoms with Crippen LogP contribution in [-0.4, -0.2) is 54.6 Å². The first kappa shape index (κ1) is 14.5. The molecule has 0 saturated heterocycles. The van der Waals surface area contributed by atoms with Crippen LogP contribution in [0.4, 0.5) is 0 Å². The predicted molar refractivity (Wildman–Crippen MR) is 80.3 cm³/mol. The molecule has 0 aliphatic rings. The molecule has 0 unspecified atom stereocenters. The van der Waals surface area contributed by atoms with Crippen molar-refractivity contribution >= 4 is 28.5 Å². The van der Waals surface area contributed by atoms with E-state index in [0.29, 0.717) is 18.0 Å². The van der Waals surface area contributed by atoms with Gasteiger partial charge in [0.2, 0.25) is 5.91 Å². The predicted octanol–water partition coefficient (Wildman–Crippen LogP) is 0.904. The van der Waals surface area contributed by atoms with E-state index in [4.69, 9.17) is 11.6 Å². The third kappa shape index (κ3) is 3.22. The van der Waals surface area contributed by atoms with Crippen LogP contribution in [0.25, 0.3) is 11.0 Å². The Balaban J connectivity index is 1.59. The monoisotopic (exact) mass is 319 g/mol. The molecule has 0 aliphatic heterocycles. The van der Waals surface area contributed by atoms with Gasteiger partial charge in [-0.2, -0.15) is 0 Å². The van der Waals surface area contributed by atoms with Gasteiger partial charge in [0.05, 0.1) is 11.0 Å². The summed E-state index contributed by atoms with van der Waals surface area (Å²) in [5, 5.41) is 11.3. The average Bonchev–Trinajstić information content (AvgIpc) is 3.13. The van der Waals surface area contributed by atoms with Crippen LogP contribution in [0.3, 0.4) is 0 Å². The lowest BCUT2D eigenvalue weighted by Crippen LogP contribution is -2.32. The Morgan fingerprint density at radius 3 is 3.09 bits per heavy atom. The van der Waals surface area contributed by atoms with Gasteiger partial charge >= 0.3 is 0 Å². The molecule has 0 aliphatic carbocycles. The number of halogens is 1. The van der Waals surface area contributed by atoms with E-state index in [2.05, 4.69) is 25.5 Å². The Morgan fingerprint density at radius 2 is 2.32 bits per heavy atom. The number of rotatable bonds is 5. The van der Waals surface area contributed by atoms with Crippen LogP contribution < -0.4 is 0 Å². The number of nitrogens with zero attached hydrogens (tertiary/aromatic N) is 6. The Bertz CT molecular complexity index is 783. The smallest absolute Gasteiger partial charge is 0.244 e. The van der Waals surface area contributed by atoms with E-state index in [1.165, 1.54) is 11.0 Å². The molecule has 0 atom stereocenters. The minimum Gasteiger partial charge on any atom is -0.344 e. The van der Waals surface area contributed by atoms with Gasteiger partial charge < -0.3 is 9.88 Å². The number of H-pyrrole nitrogens is 1. The molecule has 9 heteroatoms. The standard InChI is InChI=1S/C13H14ClN7O/c1-20(13(22)7-21-8-15-18-19-21)5-4-12-16-10-3-2-9(14)6-11(10)17-12/h2-3,6,8H,4-5,7H2,1H3,(H,16,17). The number of amides is 1. The van der Waals surface area contributed by atoms with Crippen LogP contribution in [0, 0.1) is 0 Å². The molecule has 0 fully saturated rings. The highest BCUT2D eigenvalue weighted by molar-refractivity contribution is 6.31. The zero-order valence-electron chi connectivity index (χ0n) is 11.9. The van der Waals surface area contributed by atoms with E-state index in [-0.39, 0.29) is 12.5 Å². The minimum absolute atomic E-state index is 0.0635. The molecule has 0 saturated carbocycles. The van der Waals surface area contributed by atoms with Crippen molar-refractivity contribution in [3.8, 4) is 0 Å². The molecule has 8 nitrogen and oxygen atoms in total. The van der Waals surface area contributed by atoms with E-state index >= 15 is 0 Å². The second-order valence-corrected chi connectivity index (χ2v) is 5.35. The summed E-state index contributed by atoms with van der Waals surface area (Å²) in [5.41, 5.74) is 1.76. The highest BCUT2D eigenvalue weighted by Crippen LogP contribution is 2.17. The summed E-state index contributed by atoms with van der Waals surface area (Å²) in [6.45, 7) is 0.674. The van der Waals surface area contributed by atoms with Crippen LogP contribution in [0.15, 0.2) is 24.5 Å². The minimum atomic E-state index is -0.0635. The number of aromatic amines is 1. The van der Waals surface area contributed by atoms with Gasteiger partial charge in [-0.3, -0.25) is 4.79 Å². The highest BCUT2D eigenvalue weighted by atomic mass is 35.5. The van der Waals surface area contributed by atoms with E-state index in [0.717, 1.165) is 16.9 Å². The summed E-state index contributed by atoms with van der Waals surface area (Å²) in [7, 11) is 1.74. The quantitative estimate of drug-likeness (QED) is 0.754. The number of imidazole rings is 1. The number of hydrogen-bond acceptors (Lipinski definition) is 5. The van der Waals surface area contributed by atoms with Crippen LogP contribution in [0.5, 0.6) is 0 Å². The summed E-state index contributed by atoms with van der Waals surface area (Å²) in [6.07, 6.45) is 2.04. The van der Waals surface area contributed by atoms with E-state index in [1.807, 2.05) is 12.1 Å². The third-order valence-corrected chi connectivity index (χ3v) is 3.53. The van der Waals surface area contributed by atoms with E-state index in [1.54, 1.807) is 18.0 Å². The van der Waals surface area contributed by atoms with Gasteiger partial charge in [-0.15, -0.1) is 5.10 Å². The van der Waals surface area contributed by atoms with E-state index in [9.17, 15) is 4.79 Å². The van der Waals surface area contributed by atoms with Crippen LogP contribution in [0.1, 0.15) is 5.82 Å².